The Morgan fingerprint density at radius 2 is 2.41 bits per heavy atom. The van der Waals surface area contributed by atoms with Crippen LogP contribution in [0.3, 0.4) is 0 Å². The monoisotopic (exact) mass is 316 g/mol. The number of rotatable bonds is 3. The molecule has 0 aliphatic rings. The van der Waals surface area contributed by atoms with Crippen LogP contribution < -0.4 is 5.73 Å². The Morgan fingerprint density at radius 1 is 1.65 bits per heavy atom. The van der Waals surface area contributed by atoms with Gasteiger partial charge < -0.3 is 10.6 Å². The second kappa shape index (κ2) is 4.84. The molecule has 0 unspecified atom stereocenters. The van der Waals surface area contributed by atoms with Crippen LogP contribution in [0.5, 0.6) is 0 Å². The lowest BCUT2D eigenvalue weighted by atomic mass is 10.3. The molecule has 17 heavy (non-hydrogen) atoms. The average molecular weight is 317 g/mol. The van der Waals surface area contributed by atoms with Crippen LogP contribution >= 0.6 is 27.3 Å². The van der Waals surface area contributed by atoms with Crippen LogP contribution in [-0.2, 0) is 6.54 Å². The standard InChI is InChI=1S/C9H9BrN4O2S/c1-14(3-6-2-5(10)4-17-6)9(15)7-8(11)13-16-12-7/h2,4H,3H2,1H3,(H2,11,13). The van der Waals surface area contributed by atoms with Gasteiger partial charge in [0, 0.05) is 21.8 Å². The molecular formula is C9H9BrN4O2S. The number of amides is 1. The highest BCUT2D eigenvalue weighted by molar-refractivity contribution is 9.10. The van der Waals surface area contributed by atoms with Crippen molar-refractivity contribution in [3.05, 3.63) is 26.5 Å². The summed E-state index contributed by atoms with van der Waals surface area (Å²) in [6.45, 7) is 0.488. The van der Waals surface area contributed by atoms with Gasteiger partial charge in [-0.3, -0.25) is 4.79 Å². The van der Waals surface area contributed by atoms with E-state index in [1.807, 2.05) is 11.4 Å². The van der Waals surface area contributed by atoms with Crippen LogP contribution in [0.2, 0.25) is 0 Å². The molecule has 0 fully saturated rings. The van der Waals surface area contributed by atoms with Crippen molar-refractivity contribution in [3.8, 4) is 0 Å². The fraction of sp³-hybridized carbons (Fsp3) is 0.222. The van der Waals surface area contributed by atoms with Crippen molar-refractivity contribution in [2.24, 2.45) is 0 Å². The number of anilines is 1. The Bertz CT molecular complexity index is 539. The zero-order chi connectivity index (χ0) is 12.4. The Kier molecular flexibility index (Phi) is 3.43. The van der Waals surface area contributed by atoms with Crippen molar-refractivity contribution in [1.82, 2.24) is 15.2 Å². The van der Waals surface area contributed by atoms with Crippen molar-refractivity contribution >= 4 is 39.0 Å². The summed E-state index contributed by atoms with van der Waals surface area (Å²) in [6.07, 6.45) is 0. The van der Waals surface area contributed by atoms with E-state index in [4.69, 9.17) is 5.73 Å². The smallest absolute Gasteiger partial charge is 0.280 e. The van der Waals surface area contributed by atoms with Gasteiger partial charge in [-0.05, 0) is 32.3 Å². The maximum absolute atomic E-state index is 11.9. The maximum Gasteiger partial charge on any atom is 0.280 e. The van der Waals surface area contributed by atoms with Crippen molar-refractivity contribution in [3.63, 3.8) is 0 Å². The summed E-state index contributed by atoms with van der Waals surface area (Å²) >= 11 is 4.92. The van der Waals surface area contributed by atoms with E-state index in [9.17, 15) is 4.79 Å². The first kappa shape index (κ1) is 12.1. The third kappa shape index (κ3) is 2.64. The van der Waals surface area contributed by atoms with Gasteiger partial charge in [-0.15, -0.1) is 11.3 Å². The van der Waals surface area contributed by atoms with E-state index in [1.54, 1.807) is 18.4 Å². The lowest BCUT2D eigenvalue weighted by Gasteiger charge is -2.14. The summed E-state index contributed by atoms with van der Waals surface area (Å²) in [6, 6.07) is 1.96. The van der Waals surface area contributed by atoms with E-state index in [0.717, 1.165) is 9.35 Å². The number of thiophene rings is 1. The molecule has 2 rings (SSSR count). The molecule has 90 valence electrons. The molecule has 2 N–H and O–H groups in total. The molecule has 0 aromatic carbocycles. The molecular weight excluding hydrogens is 308 g/mol. The summed E-state index contributed by atoms with van der Waals surface area (Å²) in [4.78, 5) is 14.5. The number of hydrogen-bond acceptors (Lipinski definition) is 6. The zero-order valence-corrected chi connectivity index (χ0v) is 11.3. The second-order valence-electron chi connectivity index (χ2n) is 3.39. The van der Waals surface area contributed by atoms with Gasteiger partial charge in [0.15, 0.2) is 0 Å². The normalized spacial score (nSPS) is 10.5. The second-order valence-corrected chi connectivity index (χ2v) is 5.30. The van der Waals surface area contributed by atoms with E-state index >= 15 is 0 Å². The molecule has 0 atom stereocenters. The van der Waals surface area contributed by atoms with Crippen LogP contribution in [0.4, 0.5) is 5.82 Å². The Balaban J connectivity index is 2.08. The molecule has 8 heteroatoms. The quantitative estimate of drug-likeness (QED) is 0.932. The summed E-state index contributed by atoms with van der Waals surface area (Å²) in [5.41, 5.74) is 5.50. The first-order valence-electron chi connectivity index (χ1n) is 4.64. The van der Waals surface area contributed by atoms with E-state index in [-0.39, 0.29) is 17.4 Å². The summed E-state index contributed by atoms with van der Waals surface area (Å²) in [7, 11) is 1.67. The maximum atomic E-state index is 11.9. The lowest BCUT2D eigenvalue weighted by Crippen LogP contribution is -2.26. The van der Waals surface area contributed by atoms with Gasteiger partial charge in [0.05, 0.1) is 6.54 Å². The molecule has 2 aromatic rings. The van der Waals surface area contributed by atoms with E-state index < -0.39 is 0 Å². The SMILES string of the molecule is CN(Cc1cc(Br)cs1)C(=O)c1nonc1N. The van der Waals surface area contributed by atoms with Gasteiger partial charge >= 0.3 is 0 Å². The predicted molar refractivity (Wildman–Crippen MR) is 66.5 cm³/mol. The molecule has 1 amide bonds. The van der Waals surface area contributed by atoms with E-state index in [2.05, 4.69) is 30.9 Å². The minimum Gasteiger partial charge on any atom is -0.379 e. The van der Waals surface area contributed by atoms with Crippen LogP contribution in [0, 0.1) is 0 Å². The van der Waals surface area contributed by atoms with Gasteiger partial charge in [0.1, 0.15) is 0 Å². The van der Waals surface area contributed by atoms with Gasteiger partial charge in [-0.25, -0.2) is 4.63 Å². The zero-order valence-electron chi connectivity index (χ0n) is 8.88. The highest BCUT2D eigenvalue weighted by Gasteiger charge is 2.20. The molecule has 0 radical (unpaired) electrons. The number of nitrogens with two attached hydrogens (primary N) is 1. The molecule has 0 saturated carbocycles. The van der Waals surface area contributed by atoms with Crippen LogP contribution in [-0.4, -0.2) is 28.2 Å². The molecule has 0 aliphatic carbocycles. The summed E-state index contributed by atoms with van der Waals surface area (Å²) in [5, 5.41) is 8.80. The number of nitrogen functional groups attached to an aromatic ring is 1. The number of hydrogen-bond donors (Lipinski definition) is 1. The minimum atomic E-state index is -0.312. The van der Waals surface area contributed by atoms with E-state index in [0.29, 0.717) is 6.54 Å². The van der Waals surface area contributed by atoms with Gasteiger partial charge in [0.25, 0.3) is 5.91 Å². The molecule has 0 bridgehead atoms. The Hall–Kier alpha value is -1.41. The third-order valence-corrected chi connectivity index (χ3v) is 3.76. The first-order valence-corrected chi connectivity index (χ1v) is 6.31. The van der Waals surface area contributed by atoms with E-state index in [1.165, 1.54) is 4.90 Å². The number of carbonyl (C=O) groups excluding carboxylic acids is 1. The number of nitrogens with zero attached hydrogens (tertiary/aromatic N) is 3. The molecule has 0 spiro atoms. The molecule has 6 nitrogen and oxygen atoms in total. The average Bonchev–Trinajstić information content (AvgIpc) is 2.86. The molecule has 2 heterocycles. The Labute approximate surface area is 109 Å². The Morgan fingerprint density at radius 3 is 2.94 bits per heavy atom. The predicted octanol–water partition coefficient (Wildman–Crippen LogP) is 1.75. The molecule has 0 saturated heterocycles. The van der Waals surface area contributed by atoms with Gasteiger partial charge in [-0.1, -0.05) is 0 Å². The fourth-order valence-electron chi connectivity index (χ4n) is 1.27. The van der Waals surface area contributed by atoms with Gasteiger partial charge in [0.2, 0.25) is 11.5 Å². The number of carbonyl (C=O) groups is 1. The highest BCUT2D eigenvalue weighted by Crippen LogP contribution is 2.21. The van der Waals surface area contributed by atoms with Crippen molar-refractivity contribution < 1.29 is 9.42 Å². The van der Waals surface area contributed by atoms with Gasteiger partial charge in [-0.2, -0.15) is 0 Å². The largest absolute Gasteiger partial charge is 0.379 e. The first-order chi connectivity index (χ1) is 8.08. The van der Waals surface area contributed by atoms with Crippen molar-refractivity contribution in [2.45, 2.75) is 6.54 Å². The molecule has 2 aromatic heterocycles. The summed E-state index contributed by atoms with van der Waals surface area (Å²) in [5.74, 6) is -0.303. The lowest BCUT2D eigenvalue weighted by molar-refractivity contribution is 0.0776. The fourth-order valence-corrected chi connectivity index (χ4v) is 2.77. The molecule has 0 aliphatic heterocycles. The van der Waals surface area contributed by atoms with Crippen LogP contribution in [0.15, 0.2) is 20.5 Å². The minimum absolute atomic E-state index is 0.00853. The highest BCUT2D eigenvalue weighted by atomic mass is 79.9. The third-order valence-electron chi connectivity index (χ3n) is 2.08. The van der Waals surface area contributed by atoms with Crippen LogP contribution in [0.25, 0.3) is 0 Å². The topological polar surface area (TPSA) is 85.2 Å². The van der Waals surface area contributed by atoms with Crippen molar-refractivity contribution in [2.75, 3.05) is 12.8 Å². The number of halogens is 1. The summed E-state index contributed by atoms with van der Waals surface area (Å²) < 4.78 is 5.39. The van der Waals surface area contributed by atoms with Crippen molar-refractivity contribution in [1.29, 1.82) is 0 Å². The number of aromatic nitrogens is 2. The van der Waals surface area contributed by atoms with Crippen LogP contribution in [0.1, 0.15) is 15.4 Å².